The second-order valence-corrected chi connectivity index (χ2v) is 9.72. The summed E-state index contributed by atoms with van der Waals surface area (Å²) in [7, 11) is 1.44. The molecule has 3 aliphatic carbocycles. The SMILES string of the molecule is CCCC(C)CC(=O)N[C@@H]1[C@@H](CC=CCCCC(=O)OC)C[C@H]2C[C@@H]1C2(C)C. The van der Waals surface area contributed by atoms with Crippen molar-refractivity contribution in [2.24, 2.45) is 29.1 Å². The van der Waals surface area contributed by atoms with Gasteiger partial charge in [-0.3, -0.25) is 9.59 Å². The van der Waals surface area contributed by atoms with Crippen molar-refractivity contribution in [2.45, 2.75) is 91.5 Å². The maximum absolute atomic E-state index is 12.7. The lowest BCUT2D eigenvalue weighted by Gasteiger charge is -2.62. The molecule has 28 heavy (non-hydrogen) atoms. The number of ether oxygens (including phenoxy) is 1. The zero-order valence-electron chi connectivity index (χ0n) is 18.6. The van der Waals surface area contributed by atoms with Crippen molar-refractivity contribution < 1.29 is 14.3 Å². The molecule has 0 aromatic carbocycles. The molecule has 3 rings (SSSR count). The molecular formula is C24H41NO3. The van der Waals surface area contributed by atoms with E-state index in [0.29, 0.717) is 42.1 Å². The molecule has 1 unspecified atom stereocenters. The predicted octanol–water partition coefficient (Wildman–Crippen LogP) is 5.27. The zero-order chi connectivity index (χ0) is 20.7. The number of carbonyl (C=O) groups is 2. The van der Waals surface area contributed by atoms with Gasteiger partial charge < -0.3 is 10.1 Å². The largest absolute Gasteiger partial charge is 0.469 e. The van der Waals surface area contributed by atoms with Gasteiger partial charge in [-0.1, -0.05) is 52.7 Å². The van der Waals surface area contributed by atoms with Crippen LogP contribution in [0.25, 0.3) is 0 Å². The molecular weight excluding hydrogens is 350 g/mol. The molecule has 3 saturated carbocycles. The van der Waals surface area contributed by atoms with E-state index in [9.17, 15) is 9.59 Å². The van der Waals surface area contributed by atoms with Crippen LogP contribution < -0.4 is 5.32 Å². The Balaban J connectivity index is 1.87. The third-order valence-corrected chi connectivity index (χ3v) is 7.30. The van der Waals surface area contributed by atoms with E-state index >= 15 is 0 Å². The lowest BCUT2D eigenvalue weighted by Crippen LogP contribution is -2.63. The van der Waals surface area contributed by atoms with Crippen molar-refractivity contribution in [3.63, 3.8) is 0 Å². The molecule has 1 N–H and O–H groups in total. The van der Waals surface area contributed by atoms with Crippen molar-refractivity contribution in [1.82, 2.24) is 5.32 Å². The quantitative estimate of drug-likeness (QED) is 0.296. The van der Waals surface area contributed by atoms with Gasteiger partial charge >= 0.3 is 5.97 Å². The third kappa shape index (κ3) is 5.84. The van der Waals surface area contributed by atoms with Gasteiger partial charge in [-0.15, -0.1) is 0 Å². The second kappa shape index (κ2) is 10.5. The Morgan fingerprint density at radius 3 is 2.64 bits per heavy atom. The Hall–Kier alpha value is -1.32. The number of allylic oxidation sites excluding steroid dienone is 2. The summed E-state index contributed by atoms with van der Waals surface area (Å²) in [4.78, 5) is 23.8. The van der Waals surface area contributed by atoms with E-state index in [1.54, 1.807) is 0 Å². The second-order valence-electron chi connectivity index (χ2n) is 9.72. The van der Waals surface area contributed by atoms with E-state index in [1.807, 2.05) is 0 Å². The minimum atomic E-state index is -0.136. The minimum Gasteiger partial charge on any atom is -0.469 e. The fourth-order valence-corrected chi connectivity index (χ4v) is 5.38. The number of hydrogen-bond acceptors (Lipinski definition) is 3. The van der Waals surface area contributed by atoms with Gasteiger partial charge in [-0.2, -0.15) is 0 Å². The summed E-state index contributed by atoms with van der Waals surface area (Å²) in [5.74, 6) is 2.50. The van der Waals surface area contributed by atoms with Gasteiger partial charge in [0.2, 0.25) is 5.91 Å². The summed E-state index contributed by atoms with van der Waals surface area (Å²) in [6.07, 6.45) is 13.1. The highest BCUT2D eigenvalue weighted by molar-refractivity contribution is 5.76. The van der Waals surface area contributed by atoms with Crippen LogP contribution in [0, 0.1) is 29.1 Å². The van der Waals surface area contributed by atoms with E-state index in [-0.39, 0.29) is 11.9 Å². The van der Waals surface area contributed by atoms with E-state index in [0.717, 1.165) is 38.0 Å². The fourth-order valence-electron chi connectivity index (χ4n) is 5.38. The van der Waals surface area contributed by atoms with E-state index in [4.69, 9.17) is 0 Å². The number of methoxy groups -OCH3 is 1. The molecule has 0 radical (unpaired) electrons. The summed E-state index contributed by atoms with van der Waals surface area (Å²) >= 11 is 0. The molecule has 0 spiro atoms. The maximum atomic E-state index is 12.7. The molecule has 3 aliphatic rings. The monoisotopic (exact) mass is 391 g/mol. The third-order valence-electron chi connectivity index (χ3n) is 7.30. The van der Waals surface area contributed by atoms with Crippen LogP contribution in [0.2, 0.25) is 0 Å². The van der Waals surface area contributed by atoms with Crippen molar-refractivity contribution >= 4 is 11.9 Å². The fraction of sp³-hybridized carbons (Fsp3) is 0.833. The molecule has 0 aliphatic heterocycles. The molecule has 4 nitrogen and oxygen atoms in total. The van der Waals surface area contributed by atoms with Gasteiger partial charge in [-0.25, -0.2) is 0 Å². The number of amides is 1. The molecule has 0 aromatic heterocycles. The summed E-state index contributed by atoms with van der Waals surface area (Å²) < 4.78 is 4.68. The minimum absolute atomic E-state index is 0.136. The molecule has 2 bridgehead atoms. The normalized spacial score (nSPS) is 29.2. The predicted molar refractivity (Wildman–Crippen MR) is 114 cm³/mol. The highest BCUT2D eigenvalue weighted by Gasteiger charge is 2.57. The van der Waals surface area contributed by atoms with Crippen LogP contribution in [-0.4, -0.2) is 25.0 Å². The van der Waals surface area contributed by atoms with Crippen molar-refractivity contribution in [3.8, 4) is 0 Å². The summed E-state index contributed by atoms with van der Waals surface area (Å²) in [5, 5.41) is 3.44. The molecule has 1 amide bonds. The van der Waals surface area contributed by atoms with E-state index in [1.165, 1.54) is 20.0 Å². The molecule has 0 heterocycles. The Labute approximate surface area is 171 Å². The van der Waals surface area contributed by atoms with Gasteiger partial charge in [0.1, 0.15) is 0 Å². The maximum Gasteiger partial charge on any atom is 0.305 e. The number of nitrogens with one attached hydrogen (secondary N) is 1. The number of esters is 1. The van der Waals surface area contributed by atoms with Crippen molar-refractivity contribution in [1.29, 1.82) is 0 Å². The number of carbonyl (C=O) groups excluding carboxylic acids is 2. The molecule has 0 saturated heterocycles. The number of hydrogen-bond donors (Lipinski definition) is 1. The number of rotatable bonds is 11. The van der Waals surface area contributed by atoms with Gasteiger partial charge in [0.25, 0.3) is 0 Å². The first-order valence-corrected chi connectivity index (χ1v) is 11.3. The average Bonchev–Trinajstić information content (AvgIpc) is 2.64. The Bertz CT molecular complexity index is 554. The van der Waals surface area contributed by atoms with Crippen molar-refractivity contribution in [3.05, 3.63) is 12.2 Å². The van der Waals surface area contributed by atoms with E-state index < -0.39 is 0 Å². The number of unbranched alkanes of at least 4 members (excludes halogenated alkanes) is 1. The summed E-state index contributed by atoms with van der Waals surface area (Å²) in [6, 6.07) is 0.307. The lowest BCUT2D eigenvalue weighted by molar-refractivity contribution is -0.140. The van der Waals surface area contributed by atoms with Crippen LogP contribution in [0.15, 0.2) is 12.2 Å². The van der Waals surface area contributed by atoms with Crippen LogP contribution >= 0.6 is 0 Å². The van der Waals surface area contributed by atoms with Gasteiger partial charge in [-0.05, 0) is 61.2 Å². The highest BCUT2D eigenvalue weighted by Crippen LogP contribution is 2.61. The van der Waals surface area contributed by atoms with Crippen LogP contribution in [0.3, 0.4) is 0 Å². The zero-order valence-corrected chi connectivity index (χ0v) is 18.6. The average molecular weight is 392 g/mol. The van der Waals surface area contributed by atoms with Crippen LogP contribution in [0.5, 0.6) is 0 Å². The van der Waals surface area contributed by atoms with Crippen LogP contribution in [0.4, 0.5) is 0 Å². The van der Waals surface area contributed by atoms with E-state index in [2.05, 4.69) is 49.9 Å². The number of fused-ring (bicyclic) bond motifs is 2. The smallest absolute Gasteiger partial charge is 0.305 e. The van der Waals surface area contributed by atoms with Crippen LogP contribution in [0.1, 0.15) is 85.5 Å². The highest BCUT2D eigenvalue weighted by atomic mass is 16.5. The van der Waals surface area contributed by atoms with Gasteiger partial charge in [0.15, 0.2) is 0 Å². The first-order chi connectivity index (χ1) is 13.3. The summed E-state index contributed by atoms with van der Waals surface area (Å²) in [6.45, 7) is 9.12. The first kappa shape index (κ1) is 23.0. The Morgan fingerprint density at radius 2 is 2.00 bits per heavy atom. The summed E-state index contributed by atoms with van der Waals surface area (Å²) in [5.41, 5.74) is 0.355. The first-order valence-electron chi connectivity index (χ1n) is 11.3. The standard InChI is InChI=1S/C24H41NO3/c1-6-11-17(2)14-21(26)25-23-18(15-19-16-20(23)24(19,3)4)12-9-7-8-10-13-22(27)28-5/h7,9,17-20,23H,6,8,10-16H2,1-5H3,(H,25,26)/t17?,18-,19-,20-,23+/m0/s1. The van der Waals surface area contributed by atoms with Gasteiger partial charge in [0, 0.05) is 18.9 Å². The Kier molecular flexibility index (Phi) is 8.57. The van der Waals surface area contributed by atoms with Crippen molar-refractivity contribution in [2.75, 3.05) is 7.11 Å². The van der Waals surface area contributed by atoms with Crippen LogP contribution in [-0.2, 0) is 14.3 Å². The molecule has 4 heteroatoms. The molecule has 160 valence electrons. The topological polar surface area (TPSA) is 55.4 Å². The molecule has 0 aromatic rings. The molecule has 3 fully saturated rings. The van der Waals surface area contributed by atoms with Gasteiger partial charge in [0.05, 0.1) is 7.11 Å². The Morgan fingerprint density at radius 1 is 1.25 bits per heavy atom. The lowest BCUT2D eigenvalue weighted by atomic mass is 9.44. The molecule has 5 atom stereocenters.